The largest absolute Gasteiger partial charge is 0.370 e. The zero-order valence-electron chi connectivity index (χ0n) is 15.4. The SMILES string of the molecule is O=C1CC(C(=O)N2CCC3(CC2)OCCc2sccc23)c2cc(F)ccc2N1. The van der Waals surface area contributed by atoms with Crippen LogP contribution in [0.25, 0.3) is 0 Å². The van der Waals surface area contributed by atoms with Crippen LogP contribution >= 0.6 is 11.3 Å². The third-order valence-corrected chi connectivity index (χ3v) is 7.16. The number of hydrogen-bond donors (Lipinski definition) is 1. The monoisotopic (exact) mass is 400 g/mol. The number of nitrogens with one attached hydrogen (secondary N) is 1. The van der Waals surface area contributed by atoms with Crippen LogP contribution in [0.4, 0.5) is 10.1 Å². The van der Waals surface area contributed by atoms with Crippen molar-refractivity contribution in [1.82, 2.24) is 4.90 Å². The summed E-state index contributed by atoms with van der Waals surface area (Å²) in [5.74, 6) is -1.33. The Balaban J connectivity index is 1.36. The fourth-order valence-electron chi connectivity index (χ4n) is 4.73. The number of hydrogen-bond acceptors (Lipinski definition) is 4. The van der Waals surface area contributed by atoms with Gasteiger partial charge in [0.1, 0.15) is 5.82 Å². The van der Waals surface area contributed by atoms with E-state index in [0.717, 1.165) is 25.9 Å². The molecule has 0 aliphatic carbocycles. The molecular weight excluding hydrogens is 379 g/mol. The molecule has 146 valence electrons. The summed E-state index contributed by atoms with van der Waals surface area (Å²) in [5.41, 5.74) is 2.08. The maximum atomic E-state index is 13.8. The van der Waals surface area contributed by atoms with Gasteiger partial charge in [0.2, 0.25) is 11.8 Å². The van der Waals surface area contributed by atoms with Crippen LogP contribution in [-0.2, 0) is 26.3 Å². The van der Waals surface area contributed by atoms with Gasteiger partial charge in [0.25, 0.3) is 0 Å². The van der Waals surface area contributed by atoms with Crippen LogP contribution in [0, 0.1) is 5.82 Å². The van der Waals surface area contributed by atoms with Crippen molar-refractivity contribution in [2.75, 3.05) is 25.0 Å². The second-order valence-electron chi connectivity index (χ2n) is 7.71. The molecule has 1 aromatic heterocycles. The van der Waals surface area contributed by atoms with E-state index >= 15 is 0 Å². The molecule has 5 nitrogen and oxygen atoms in total. The zero-order chi connectivity index (χ0) is 19.3. The molecule has 5 rings (SSSR count). The first-order valence-corrected chi connectivity index (χ1v) is 10.5. The summed E-state index contributed by atoms with van der Waals surface area (Å²) in [6.07, 6.45) is 2.51. The molecule has 0 saturated carbocycles. The van der Waals surface area contributed by atoms with Crippen LogP contribution in [-0.4, -0.2) is 36.4 Å². The maximum Gasteiger partial charge on any atom is 0.230 e. The third kappa shape index (κ3) is 2.84. The van der Waals surface area contributed by atoms with Crippen molar-refractivity contribution >= 4 is 28.8 Å². The van der Waals surface area contributed by atoms with Crippen LogP contribution in [0.1, 0.15) is 41.2 Å². The van der Waals surface area contributed by atoms with Gasteiger partial charge in [-0.15, -0.1) is 11.3 Å². The molecule has 2 aromatic rings. The lowest BCUT2D eigenvalue weighted by molar-refractivity contribution is -0.143. The highest BCUT2D eigenvalue weighted by molar-refractivity contribution is 7.10. The number of amides is 2. The van der Waals surface area contributed by atoms with E-state index in [1.807, 2.05) is 4.90 Å². The predicted octanol–water partition coefficient (Wildman–Crippen LogP) is 3.40. The lowest BCUT2D eigenvalue weighted by atomic mass is 9.81. The highest BCUT2D eigenvalue weighted by Gasteiger charge is 2.43. The Bertz CT molecular complexity index is 949. The molecule has 0 bridgehead atoms. The Morgan fingerprint density at radius 2 is 2.11 bits per heavy atom. The van der Waals surface area contributed by atoms with Crippen molar-refractivity contribution in [3.05, 3.63) is 51.5 Å². The molecule has 7 heteroatoms. The van der Waals surface area contributed by atoms with Gasteiger partial charge >= 0.3 is 0 Å². The number of benzene rings is 1. The van der Waals surface area contributed by atoms with Gasteiger partial charge < -0.3 is 15.0 Å². The molecule has 1 aromatic carbocycles. The number of piperidine rings is 1. The van der Waals surface area contributed by atoms with Gasteiger partial charge in [-0.2, -0.15) is 0 Å². The van der Waals surface area contributed by atoms with Gasteiger partial charge in [-0.1, -0.05) is 0 Å². The van der Waals surface area contributed by atoms with E-state index in [-0.39, 0.29) is 23.8 Å². The standard InChI is InChI=1S/C21H21FN2O3S/c22-13-1-2-17-14(11-13)15(12-19(25)23-17)20(26)24-7-5-21(6-8-24)16-4-10-28-18(16)3-9-27-21/h1-2,4,10-11,15H,3,5-9,12H2,(H,23,25). The van der Waals surface area contributed by atoms with Gasteiger partial charge in [0.15, 0.2) is 0 Å². The number of carbonyl (C=O) groups excluding carboxylic acids is 2. The first kappa shape index (κ1) is 17.8. The number of fused-ring (bicyclic) bond motifs is 3. The van der Waals surface area contributed by atoms with Crippen LogP contribution < -0.4 is 5.32 Å². The molecule has 1 atom stereocenters. The maximum absolute atomic E-state index is 13.8. The lowest BCUT2D eigenvalue weighted by Gasteiger charge is -2.44. The molecule has 3 aliphatic rings. The van der Waals surface area contributed by atoms with E-state index in [2.05, 4.69) is 16.8 Å². The van der Waals surface area contributed by atoms with Gasteiger partial charge in [-0.05, 0) is 53.6 Å². The highest BCUT2D eigenvalue weighted by atomic mass is 32.1. The Hall–Kier alpha value is -2.25. The molecule has 0 radical (unpaired) electrons. The van der Waals surface area contributed by atoms with Crippen LogP contribution in [0.3, 0.4) is 0 Å². The molecule has 2 amide bonds. The zero-order valence-corrected chi connectivity index (χ0v) is 16.2. The Labute approximate surface area is 166 Å². The topological polar surface area (TPSA) is 58.6 Å². The van der Waals surface area contributed by atoms with Crippen molar-refractivity contribution in [3.8, 4) is 0 Å². The van der Waals surface area contributed by atoms with Crippen LogP contribution in [0.15, 0.2) is 29.6 Å². The molecular formula is C21H21FN2O3S. The molecule has 1 spiro atoms. The van der Waals surface area contributed by atoms with Crippen molar-refractivity contribution < 1.29 is 18.7 Å². The Kier molecular flexibility index (Phi) is 4.25. The van der Waals surface area contributed by atoms with Gasteiger partial charge in [-0.3, -0.25) is 9.59 Å². The van der Waals surface area contributed by atoms with Crippen LogP contribution in [0.5, 0.6) is 0 Å². The van der Waals surface area contributed by atoms with Crippen LogP contribution in [0.2, 0.25) is 0 Å². The smallest absolute Gasteiger partial charge is 0.230 e. The minimum atomic E-state index is -0.627. The predicted molar refractivity (Wildman–Crippen MR) is 104 cm³/mol. The Morgan fingerprint density at radius 1 is 1.29 bits per heavy atom. The summed E-state index contributed by atoms with van der Waals surface area (Å²) in [5, 5.41) is 4.85. The van der Waals surface area contributed by atoms with E-state index in [4.69, 9.17) is 4.74 Å². The second-order valence-corrected chi connectivity index (χ2v) is 8.71. The first-order valence-electron chi connectivity index (χ1n) is 9.65. The molecule has 1 saturated heterocycles. The number of ether oxygens (including phenoxy) is 1. The minimum Gasteiger partial charge on any atom is -0.370 e. The normalized spacial score (nSPS) is 23.1. The number of nitrogens with zero attached hydrogens (tertiary/aromatic N) is 1. The number of carbonyl (C=O) groups is 2. The summed E-state index contributed by atoms with van der Waals surface area (Å²) in [6.45, 7) is 1.88. The van der Waals surface area contributed by atoms with Crippen molar-refractivity contribution in [2.24, 2.45) is 0 Å². The van der Waals surface area contributed by atoms with Crippen molar-refractivity contribution in [3.63, 3.8) is 0 Å². The van der Waals surface area contributed by atoms with E-state index in [9.17, 15) is 14.0 Å². The highest BCUT2D eigenvalue weighted by Crippen LogP contribution is 2.44. The second kappa shape index (κ2) is 6.67. The number of halogens is 1. The summed E-state index contributed by atoms with van der Waals surface area (Å²) >= 11 is 1.78. The number of anilines is 1. The average Bonchev–Trinajstić information content (AvgIpc) is 3.18. The minimum absolute atomic E-state index is 0.0576. The Morgan fingerprint density at radius 3 is 2.93 bits per heavy atom. The van der Waals surface area contributed by atoms with Gasteiger partial charge in [-0.25, -0.2) is 4.39 Å². The molecule has 1 unspecified atom stereocenters. The molecule has 28 heavy (non-hydrogen) atoms. The fraction of sp³-hybridized carbons (Fsp3) is 0.429. The van der Waals surface area contributed by atoms with Gasteiger partial charge in [0.05, 0.1) is 18.1 Å². The van der Waals surface area contributed by atoms with E-state index in [1.54, 1.807) is 11.3 Å². The van der Waals surface area contributed by atoms with E-state index in [1.165, 1.54) is 28.6 Å². The number of thiophene rings is 1. The summed E-state index contributed by atoms with van der Waals surface area (Å²) in [4.78, 5) is 28.5. The van der Waals surface area contributed by atoms with E-state index in [0.29, 0.717) is 24.3 Å². The van der Waals surface area contributed by atoms with E-state index < -0.39 is 11.7 Å². The first-order chi connectivity index (χ1) is 13.6. The fourth-order valence-corrected chi connectivity index (χ4v) is 5.68. The quantitative estimate of drug-likeness (QED) is 0.798. The summed E-state index contributed by atoms with van der Waals surface area (Å²) in [7, 11) is 0. The number of rotatable bonds is 1. The summed E-state index contributed by atoms with van der Waals surface area (Å²) < 4.78 is 20.0. The van der Waals surface area contributed by atoms with Gasteiger partial charge in [0, 0.05) is 36.5 Å². The molecule has 1 fully saturated rings. The van der Waals surface area contributed by atoms with Crippen molar-refractivity contribution in [1.29, 1.82) is 0 Å². The third-order valence-electron chi connectivity index (χ3n) is 6.18. The van der Waals surface area contributed by atoms with Crippen molar-refractivity contribution in [2.45, 2.75) is 37.2 Å². The molecule has 3 aliphatic heterocycles. The number of likely N-dealkylation sites (tertiary alicyclic amines) is 1. The molecule has 4 heterocycles. The molecule has 1 N–H and O–H groups in total. The summed E-state index contributed by atoms with van der Waals surface area (Å²) in [6, 6.07) is 6.35. The average molecular weight is 400 g/mol. The lowest BCUT2D eigenvalue weighted by Crippen LogP contribution is -2.49.